The Labute approximate surface area is 108 Å². The minimum Gasteiger partial charge on any atom is -0.480 e. The molecule has 2 N–H and O–H groups in total. The first kappa shape index (κ1) is 13.2. The summed E-state index contributed by atoms with van der Waals surface area (Å²) in [5.74, 6) is 0.209. The molecule has 2 rings (SSSR count). The van der Waals surface area contributed by atoms with E-state index in [1.165, 1.54) is 39.5 Å². The van der Waals surface area contributed by atoms with Gasteiger partial charge in [-0.05, 0) is 44.9 Å². The normalized spacial score (nSPS) is 27.8. The third-order valence-corrected chi connectivity index (χ3v) is 4.09. The van der Waals surface area contributed by atoms with Gasteiger partial charge in [-0.3, -0.25) is 0 Å². The molecule has 0 aromatic carbocycles. The van der Waals surface area contributed by atoms with Crippen LogP contribution in [0.2, 0.25) is 0 Å². The van der Waals surface area contributed by atoms with Crippen molar-refractivity contribution in [3.05, 3.63) is 0 Å². The van der Waals surface area contributed by atoms with E-state index < -0.39 is 11.5 Å². The van der Waals surface area contributed by atoms with Gasteiger partial charge in [-0.1, -0.05) is 6.42 Å². The first-order valence-electron chi connectivity index (χ1n) is 6.69. The third-order valence-electron chi connectivity index (χ3n) is 4.09. The second-order valence-electron chi connectivity index (χ2n) is 6.16. The van der Waals surface area contributed by atoms with Gasteiger partial charge in [-0.2, -0.15) is 0 Å². The molecule has 5 nitrogen and oxygen atoms in total. The first-order valence-corrected chi connectivity index (χ1v) is 6.69. The lowest BCUT2D eigenvalue weighted by molar-refractivity contribution is -0.143. The molecule has 2 atom stereocenters. The summed E-state index contributed by atoms with van der Waals surface area (Å²) in [7, 11) is 0. The van der Waals surface area contributed by atoms with Crippen molar-refractivity contribution in [2.24, 2.45) is 11.8 Å². The Bertz CT molecular complexity index is 342. The first-order chi connectivity index (χ1) is 8.38. The maximum Gasteiger partial charge on any atom is 0.328 e. The van der Waals surface area contributed by atoms with Crippen LogP contribution in [0.4, 0.5) is 4.79 Å². The van der Waals surface area contributed by atoms with Crippen molar-refractivity contribution in [2.75, 3.05) is 13.1 Å². The fourth-order valence-electron chi connectivity index (χ4n) is 3.00. The molecule has 102 valence electrons. The van der Waals surface area contributed by atoms with Crippen LogP contribution < -0.4 is 5.32 Å². The van der Waals surface area contributed by atoms with Crippen molar-refractivity contribution in [3.63, 3.8) is 0 Å². The molecule has 0 spiro atoms. The summed E-state index contributed by atoms with van der Waals surface area (Å²) in [6, 6.07) is -0.237. The summed E-state index contributed by atoms with van der Waals surface area (Å²) in [5.41, 5.74) is -1.20. The topological polar surface area (TPSA) is 69.6 Å². The molecule has 0 aromatic heterocycles. The minimum absolute atomic E-state index is 0.237. The predicted octanol–water partition coefficient (Wildman–Crippen LogP) is 1.68. The maximum absolute atomic E-state index is 12.1. The third kappa shape index (κ3) is 2.76. The molecule has 0 aromatic rings. The van der Waals surface area contributed by atoms with Gasteiger partial charge in [0.15, 0.2) is 0 Å². The molecule has 2 amide bonds. The molecule has 0 radical (unpaired) electrons. The van der Waals surface area contributed by atoms with E-state index in [4.69, 9.17) is 5.11 Å². The van der Waals surface area contributed by atoms with Crippen LogP contribution in [0.1, 0.15) is 39.5 Å². The molecule has 1 saturated carbocycles. The van der Waals surface area contributed by atoms with E-state index in [1.807, 2.05) is 0 Å². The van der Waals surface area contributed by atoms with Gasteiger partial charge in [0.05, 0.1) is 0 Å². The number of nitrogens with zero attached hydrogens (tertiary/aromatic N) is 1. The SMILES string of the molecule is CC(C)(NC(=O)N1CC2CCCC(C2)C1)C(=O)O. The number of rotatable bonds is 2. The standard InChI is InChI=1S/C13H22N2O3/c1-13(2,11(16)17)14-12(18)15-7-9-4-3-5-10(6-9)8-15/h9-10H,3-8H2,1-2H3,(H,14,18)(H,16,17). The van der Waals surface area contributed by atoms with Gasteiger partial charge in [-0.25, -0.2) is 9.59 Å². The molecule has 2 fully saturated rings. The summed E-state index contributed by atoms with van der Waals surface area (Å²) in [4.78, 5) is 24.9. The Hall–Kier alpha value is -1.26. The predicted molar refractivity (Wildman–Crippen MR) is 67.3 cm³/mol. The van der Waals surface area contributed by atoms with E-state index in [1.54, 1.807) is 4.90 Å². The Balaban J connectivity index is 1.95. The summed E-state index contributed by atoms with van der Waals surface area (Å²) < 4.78 is 0. The molecule has 2 bridgehead atoms. The van der Waals surface area contributed by atoms with Crippen molar-refractivity contribution in [3.8, 4) is 0 Å². The quantitative estimate of drug-likeness (QED) is 0.787. The lowest BCUT2D eigenvalue weighted by atomic mass is 9.78. The maximum atomic E-state index is 12.1. The van der Waals surface area contributed by atoms with Gasteiger partial charge in [-0.15, -0.1) is 0 Å². The van der Waals surface area contributed by atoms with Crippen LogP contribution in [0.15, 0.2) is 0 Å². The van der Waals surface area contributed by atoms with Gasteiger partial charge in [0.2, 0.25) is 0 Å². The van der Waals surface area contributed by atoms with Crippen LogP contribution in [0.5, 0.6) is 0 Å². The molecule has 5 heteroatoms. The number of likely N-dealkylation sites (tertiary alicyclic amines) is 1. The lowest BCUT2D eigenvalue weighted by Gasteiger charge is -2.42. The highest BCUT2D eigenvalue weighted by molar-refractivity contribution is 5.85. The fourth-order valence-corrected chi connectivity index (χ4v) is 3.00. The molecule has 1 aliphatic carbocycles. The smallest absolute Gasteiger partial charge is 0.328 e. The molecule has 1 heterocycles. The van der Waals surface area contributed by atoms with Crippen LogP contribution in [0.3, 0.4) is 0 Å². The zero-order chi connectivity index (χ0) is 13.3. The number of fused-ring (bicyclic) bond motifs is 2. The van der Waals surface area contributed by atoms with Crippen LogP contribution in [0.25, 0.3) is 0 Å². The highest BCUT2D eigenvalue weighted by atomic mass is 16.4. The average molecular weight is 254 g/mol. The number of aliphatic carboxylic acids is 1. The second kappa shape index (κ2) is 4.78. The molecule has 1 saturated heterocycles. The van der Waals surface area contributed by atoms with Crippen molar-refractivity contribution < 1.29 is 14.7 Å². The van der Waals surface area contributed by atoms with Crippen LogP contribution in [0, 0.1) is 11.8 Å². The molecular weight excluding hydrogens is 232 g/mol. The number of carbonyl (C=O) groups excluding carboxylic acids is 1. The number of carboxylic acid groups (broad SMARTS) is 1. The number of carbonyl (C=O) groups is 2. The largest absolute Gasteiger partial charge is 0.480 e. The fraction of sp³-hybridized carbons (Fsp3) is 0.846. The highest BCUT2D eigenvalue weighted by Crippen LogP contribution is 2.34. The second-order valence-corrected chi connectivity index (χ2v) is 6.16. The van der Waals surface area contributed by atoms with E-state index in [0.717, 1.165) is 13.1 Å². The van der Waals surface area contributed by atoms with Crippen molar-refractivity contribution in [1.29, 1.82) is 0 Å². The summed E-state index contributed by atoms with van der Waals surface area (Å²) in [5, 5.41) is 11.6. The Morgan fingerprint density at radius 3 is 2.28 bits per heavy atom. The number of amides is 2. The molecule has 18 heavy (non-hydrogen) atoms. The summed E-state index contributed by atoms with van der Waals surface area (Å²) in [6.07, 6.45) is 4.89. The molecule has 2 unspecified atom stereocenters. The van der Waals surface area contributed by atoms with Crippen molar-refractivity contribution in [2.45, 2.75) is 45.1 Å². The van der Waals surface area contributed by atoms with Gasteiger partial charge in [0.1, 0.15) is 5.54 Å². The number of nitrogens with one attached hydrogen (secondary N) is 1. The van der Waals surface area contributed by atoms with Crippen LogP contribution in [-0.4, -0.2) is 40.6 Å². The lowest BCUT2D eigenvalue weighted by Crippen LogP contribution is -2.57. The highest BCUT2D eigenvalue weighted by Gasteiger charge is 2.36. The Morgan fingerprint density at radius 2 is 1.78 bits per heavy atom. The zero-order valence-corrected chi connectivity index (χ0v) is 11.1. The molecule has 2 aliphatic rings. The Kier molecular flexibility index (Phi) is 3.50. The minimum atomic E-state index is -1.20. The van der Waals surface area contributed by atoms with Gasteiger partial charge < -0.3 is 15.3 Å². The van der Waals surface area contributed by atoms with Gasteiger partial charge in [0, 0.05) is 13.1 Å². The monoisotopic (exact) mass is 254 g/mol. The molecular formula is C13H22N2O3. The van der Waals surface area contributed by atoms with Gasteiger partial charge in [0.25, 0.3) is 0 Å². The average Bonchev–Trinajstić information content (AvgIpc) is 2.27. The summed E-state index contributed by atoms with van der Waals surface area (Å²) in [6.45, 7) is 4.58. The van der Waals surface area contributed by atoms with E-state index >= 15 is 0 Å². The zero-order valence-electron chi connectivity index (χ0n) is 11.1. The molecule has 1 aliphatic heterocycles. The number of carboxylic acids is 1. The van der Waals surface area contributed by atoms with E-state index in [9.17, 15) is 9.59 Å². The van der Waals surface area contributed by atoms with E-state index in [0.29, 0.717) is 11.8 Å². The van der Waals surface area contributed by atoms with Crippen LogP contribution >= 0.6 is 0 Å². The van der Waals surface area contributed by atoms with E-state index in [-0.39, 0.29) is 6.03 Å². The number of hydrogen-bond donors (Lipinski definition) is 2. The summed E-state index contributed by atoms with van der Waals surface area (Å²) >= 11 is 0. The van der Waals surface area contributed by atoms with Crippen molar-refractivity contribution >= 4 is 12.0 Å². The van der Waals surface area contributed by atoms with E-state index in [2.05, 4.69) is 5.32 Å². The van der Waals surface area contributed by atoms with Crippen LogP contribution in [-0.2, 0) is 4.79 Å². The van der Waals surface area contributed by atoms with Gasteiger partial charge >= 0.3 is 12.0 Å². The number of hydrogen-bond acceptors (Lipinski definition) is 2. The number of urea groups is 1. The number of piperidine rings is 1. The Morgan fingerprint density at radius 1 is 1.22 bits per heavy atom. The van der Waals surface area contributed by atoms with Crippen molar-refractivity contribution in [1.82, 2.24) is 10.2 Å².